The van der Waals surface area contributed by atoms with Crippen molar-refractivity contribution in [1.29, 1.82) is 0 Å². The third-order valence-corrected chi connectivity index (χ3v) is 4.66. The summed E-state index contributed by atoms with van der Waals surface area (Å²) in [5.41, 5.74) is 3.04. The average Bonchev–Trinajstić information content (AvgIpc) is 3.28. The molecule has 170 valence electrons. The van der Waals surface area contributed by atoms with Gasteiger partial charge in [-0.3, -0.25) is 0 Å². The molecule has 0 spiro atoms. The van der Waals surface area contributed by atoms with Crippen LogP contribution in [0.1, 0.15) is 32.8 Å². The molecule has 0 aliphatic heterocycles. The van der Waals surface area contributed by atoms with Crippen LogP contribution in [0.2, 0.25) is 0 Å². The van der Waals surface area contributed by atoms with Crippen molar-refractivity contribution < 1.29 is 9.15 Å². The molecule has 2 heterocycles. The fraction of sp³-hybridized carbons (Fsp3) is 0.321. The molecule has 0 aliphatic carbocycles. The second-order valence-electron chi connectivity index (χ2n) is 7.38. The molecule has 0 bridgehead atoms. The van der Waals surface area contributed by atoms with E-state index >= 15 is 0 Å². The van der Waals surface area contributed by atoms with Crippen molar-refractivity contribution in [1.82, 2.24) is 9.88 Å². The summed E-state index contributed by atoms with van der Waals surface area (Å²) in [6, 6.07) is 24.2. The second-order valence-corrected chi connectivity index (χ2v) is 7.38. The normalized spacial score (nSPS) is 10.2. The number of likely N-dealkylation sites (N-methyl/N-ethyl adjacent to an activating group) is 1. The molecule has 4 aromatic rings. The van der Waals surface area contributed by atoms with Gasteiger partial charge in [0.05, 0.1) is 0 Å². The van der Waals surface area contributed by atoms with E-state index in [0.29, 0.717) is 12.3 Å². The van der Waals surface area contributed by atoms with Gasteiger partial charge >= 0.3 is 0 Å². The van der Waals surface area contributed by atoms with Crippen molar-refractivity contribution in [2.75, 3.05) is 27.2 Å². The summed E-state index contributed by atoms with van der Waals surface area (Å²) in [4.78, 5) is 6.45. The molecule has 32 heavy (non-hydrogen) atoms. The summed E-state index contributed by atoms with van der Waals surface area (Å²) < 4.78 is 11.7. The van der Waals surface area contributed by atoms with Gasteiger partial charge in [-0.05, 0) is 62.5 Å². The Labute approximate surface area is 192 Å². The quantitative estimate of drug-likeness (QED) is 0.312. The minimum Gasteiger partial charge on any atom is -0.492 e. The number of fused-ring (bicyclic) bond motifs is 1. The van der Waals surface area contributed by atoms with Crippen LogP contribution >= 0.6 is 0 Å². The van der Waals surface area contributed by atoms with E-state index in [1.54, 1.807) is 0 Å². The lowest BCUT2D eigenvalue weighted by atomic mass is 10.1. The summed E-state index contributed by atoms with van der Waals surface area (Å²) >= 11 is 0. The fourth-order valence-corrected chi connectivity index (χ4v) is 3.07. The molecule has 4 nitrogen and oxygen atoms in total. The highest BCUT2D eigenvalue weighted by Gasteiger charge is 2.10. The average molecular weight is 433 g/mol. The Morgan fingerprint density at radius 3 is 2.09 bits per heavy atom. The lowest BCUT2D eigenvalue weighted by Crippen LogP contribution is -2.19. The highest BCUT2D eigenvalue weighted by atomic mass is 16.5. The predicted octanol–water partition coefficient (Wildman–Crippen LogP) is 7.10. The molecule has 0 radical (unpaired) electrons. The number of hydrogen-bond acceptors (Lipinski definition) is 4. The van der Waals surface area contributed by atoms with E-state index in [4.69, 9.17) is 9.15 Å². The molecular formula is C28H36N2O2. The standard InChI is InChI=1S/C20H24N2O2.C6H6.C2H6/c1-4-5-15-10-11-21-20-18(15)14-19(24-20)16-6-8-17(9-7-16)23-13-12-22(2)3;1-2-4-6-5-3-1;1-2/h6-11,14H,4-5,12-13H2,1-3H3;1-6H;1-2H3. The SMILES string of the molecule is CC.CCCc1ccnc2oc(-c3ccc(OCCN(C)C)cc3)cc12.c1ccccc1. The number of benzene rings is 2. The number of furan rings is 1. The first-order valence-electron chi connectivity index (χ1n) is 11.4. The van der Waals surface area contributed by atoms with Gasteiger partial charge < -0.3 is 14.1 Å². The van der Waals surface area contributed by atoms with E-state index in [9.17, 15) is 0 Å². The molecule has 0 N–H and O–H groups in total. The van der Waals surface area contributed by atoms with Gasteiger partial charge in [-0.1, -0.05) is 63.6 Å². The minimum atomic E-state index is 0.682. The largest absolute Gasteiger partial charge is 0.492 e. The molecule has 2 aromatic heterocycles. The number of aryl methyl sites for hydroxylation is 1. The summed E-state index contributed by atoms with van der Waals surface area (Å²) in [6.45, 7) is 7.76. The predicted molar refractivity (Wildman–Crippen MR) is 135 cm³/mol. The molecule has 2 aromatic carbocycles. The van der Waals surface area contributed by atoms with Gasteiger partial charge in [-0.25, -0.2) is 4.98 Å². The van der Waals surface area contributed by atoms with Crippen LogP contribution in [-0.4, -0.2) is 37.1 Å². The smallest absolute Gasteiger partial charge is 0.226 e. The number of aromatic nitrogens is 1. The third-order valence-electron chi connectivity index (χ3n) is 4.66. The van der Waals surface area contributed by atoms with Crippen molar-refractivity contribution in [2.45, 2.75) is 33.6 Å². The Bertz CT molecular complexity index is 982. The highest BCUT2D eigenvalue weighted by molar-refractivity contribution is 5.83. The molecule has 0 saturated carbocycles. The van der Waals surface area contributed by atoms with Gasteiger partial charge in [-0.2, -0.15) is 0 Å². The van der Waals surface area contributed by atoms with Gasteiger partial charge in [0.1, 0.15) is 18.1 Å². The van der Waals surface area contributed by atoms with E-state index < -0.39 is 0 Å². The molecule has 4 heteroatoms. The summed E-state index contributed by atoms with van der Waals surface area (Å²) in [7, 11) is 4.07. The van der Waals surface area contributed by atoms with E-state index in [1.165, 1.54) is 5.56 Å². The van der Waals surface area contributed by atoms with Crippen molar-refractivity contribution in [3.8, 4) is 17.1 Å². The number of ether oxygens (including phenoxy) is 1. The molecule has 0 aliphatic rings. The van der Waals surface area contributed by atoms with Gasteiger partial charge in [-0.15, -0.1) is 0 Å². The number of pyridine rings is 1. The first-order valence-corrected chi connectivity index (χ1v) is 11.4. The zero-order valence-electron chi connectivity index (χ0n) is 20.0. The molecule has 0 saturated heterocycles. The van der Waals surface area contributed by atoms with Gasteiger partial charge in [0.2, 0.25) is 5.71 Å². The zero-order valence-corrected chi connectivity index (χ0v) is 20.0. The highest BCUT2D eigenvalue weighted by Crippen LogP contribution is 2.30. The summed E-state index contributed by atoms with van der Waals surface area (Å²) in [5, 5.41) is 1.11. The van der Waals surface area contributed by atoms with E-state index in [-0.39, 0.29) is 0 Å². The van der Waals surface area contributed by atoms with Crippen LogP contribution in [0.25, 0.3) is 22.4 Å². The Hall–Kier alpha value is -3.11. The Kier molecular flexibility index (Phi) is 11.0. The second kappa shape index (κ2) is 14.0. The van der Waals surface area contributed by atoms with Crippen LogP contribution in [0, 0.1) is 0 Å². The first-order chi connectivity index (χ1) is 15.7. The Morgan fingerprint density at radius 1 is 0.906 bits per heavy atom. The summed E-state index contributed by atoms with van der Waals surface area (Å²) in [5.74, 6) is 1.72. The van der Waals surface area contributed by atoms with Gasteiger partial charge in [0.15, 0.2) is 0 Å². The van der Waals surface area contributed by atoms with Crippen LogP contribution in [0.5, 0.6) is 5.75 Å². The van der Waals surface area contributed by atoms with Gasteiger partial charge in [0.25, 0.3) is 0 Å². The number of hydrogen-bond donors (Lipinski definition) is 0. The Balaban J connectivity index is 0.000000387. The monoisotopic (exact) mass is 432 g/mol. The molecule has 0 unspecified atom stereocenters. The van der Waals surface area contributed by atoms with Crippen LogP contribution in [0.3, 0.4) is 0 Å². The van der Waals surface area contributed by atoms with Crippen molar-refractivity contribution in [3.05, 3.63) is 84.6 Å². The molecule has 0 fully saturated rings. The van der Waals surface area contributed by atoms with E-state index in [0.717, 1.165) is 41.8 Å². The van der Waals surface area contributed by atoms with Crippen molar-refractivity contribution in [2.24, 2.45) is 0 Å². The van der Waals surface area contributed by atoms with Gasteiger partial charge in [0, 0.05) is 23.7 Å². The maximum atomic E-state index is 5.93. The topological polar surface area (TPSA) is 38.5 Å². The third kappa shape index (κ3) is 7.86. The van der Waals surface area contributed by atoms with E-state index in [1.807, 2.05) is 94.8 Å². The van der Waals surface area contributed by atoms with Crippen molar-refractivity contribution in [3.63, 3.8) is 0 Å². The van der Waals surface area contributed by atoms with Crippen LogP contribution < -0.4 is 4.74 Å². The molecule has 0 atom stereocenters. The van der Waals surface area contributed by atoms with Crippen LogP contribution in [-0.2, 0) is 6.42 Å². The van der Waals surface area contributed by atoms with Crippen molar-refractivity contribution >= 4 is 11.1 Å². The first kappa shape index (κ1) is 25.2. The Morgan fingerprint density at radius 2 is 1.53 bits per heavy atom. The maximum absolute atomic E-state index is 5.93. The minimum absolute atomic E-state index is 0.682. The lowest BCUT2D eigenvalue weighted by molar-refractivity contribution is 0.261. The number of nitrogens with zero attached hydrogens (tertiary/aromatic N) is 2. The van der Waals surface area contributed by atoms with Crippen LogP contribution in [0.4, 0.5) is 0 Å². The molecule has 0 amide bonds. The van der Waals surface area contributed by atoms with Crippen LogP contribution in [0.15, 0.2) is 83.4 Å². The fourth-order valence-electron chi connectivity index (χ4n) is 3.07. The summed E-state index contributed by atoms with van der Waals surface area (Å²) in [6.07, 6.45) is 3.97. The zero-order chi connectivity index (χ0) is 23.2. The molecule has 4 rings (SSSR count). The molecular weight excluding hydrogens is 396 g/mol. The maximum Gasteiger partial charge on any atom is 0.226 e. The lowest BCUT2D eigenvalue weighted by Gasteiger charge is -2.11. The van der Waals surface area contributed by atoms with E-state index in [2.05, 4.69) is 28.9 Å². The number of rotatable bonds is 7.